The number of ether oxygens (including phenoxy) is 2. The molecule has 0 atom stereocenters. The Kier molecular flexibility index (Phi) is 25.8. The van der Waals surface area contributed by atoms with E-state index in [1.54, 1.807) is 55.4 Å². The molecule has 0 fully saturated rings. The van der Waals surface area contributed by atoms with E-state index in [1.807, 2.05) is 0 Å². The SMILES string of the molecule is C.C.C.C.CC1=C(C)C(=O)N(C)C1=O.CC1=C(C)C(=O)N(C)C1=O.CC1=C(C)C(=O)OC1=O.CC1=C(C)C(=O)OC1=O.[NH2-].[Y]. The smallest absolute Gasteiger partial charge is 0.342 e. The number of hydrogen-bond acceptors (Lipinski definition) is 10. The van der Waals surface area contributed by atoms with Gasteiger partial charge < -0.3 is 15.6 Å². The Hall–Kier alpha value is -3.42. The van der Waals surface area contributed by atoms with E-state index in [2.05, 4.69) is 9.47 Å². The minimum Gasteiger partial charge on any atom is -0.693 e. The first-order valence-corrected chi connectivity index (χ1v) is 11.2. The van der Waals surface area contributed by atoms with Crippen LogP contribution in [-0.4, -0.2) is 71.4 Å². The van der Waals surface area contributed by atoms with E-state index in [9.17, 15) is 38.4 Å². The molecule has 0 aromatic heterocycles. The van der Waals surface area contributed by atoms with Gasteiger partial charge in [-0.25, -0.2) is 19.2 Å². The third kappa shape index (κ3) is 11.6. The Morgan fingerprint density at radius 3 is 0.545 bits per heavy atom. The second-order valence-electron chi connectivity index (χ2n) is 8.69. The summed E-state index contributed by atoms with van der Waals surface area (Å²) in [5.74, 6) is -2.78. The first-order chi connectivity index (χ1) is 17.4. The summed E-state index contributed by atoms with van der Waals surface area (Å²) in [6.07, 6.45) is 0. The van der Waals surface area contributed by atoms with Crippen molar-refractivity contribution >= 4 is 47.5 Å². The first kappa shape index (κ1) is 53.2. The van der Waals surface area contributed by atoms with Gasteiger partial charge in [-0.05, 0) is 55.4 Å². The van der Waals surface area contributed by atoms with Crippen LogP contribution in [-0.2, 0) is 80.5 Å². The van der Waals surface area contributed by atoms with E-state index in [0.717, 1.165) is 9.80 Å². The van der Waals surface area contributed by atoms with Gasteiger partial charge in [0.1, 0.15) is 0 Å². The Labute approximate surface area is 286 Å². The molecule has 0 saturated carbocycles. The van der Waals surface area contributed by atoms with Gasteiger partial charge in [0, 0.05) is 91.4 Å². The summed E-state index contributed by atoms with van der Waals surface area (Å²) in [6, 6.07) is 0. The number of cyclic esters (lactones) is 4. The van der Waals surface area contributed by atoms with Gasteiger partial charge in [-0.15, -0.1) is 0 Å². The average Bonchev–Trinajstić information content (AvgIpc) is 3.38. The van der Waals surface area contributed by atoms with Crippen LogP contribution in [0.5, 0.6) is 0 Å². The van der Waals surface area contributed by atoms with Crippen molar-refractivity contribution in [3.63, 3.8) is 0 Å². The maximum absolute atomic E-state index is 11.0. The molecule has 4 aliphatic rings. The number of likely N-dealkylation sites (N-methyl/N-ethyl adjacent to an activating group) is 2. The van der Waals surface area contributed by atoms with Crippen LogP contribution in [0.25, 0.3) is 6.15 Å². The minimum atomic E-state index is -0.516. The first-order valence-electron chi connectivity index (χ1n) is 11.2. The predicted octanol–water partition coefficient (Wildman–Crippen LogP) is 4.71. The van der Waals surface area contributed by atoms with Gasteiger partial charge in [0.25, 0.3) is 23.6 Å². The molecule has 0 aromatic carbocycles. The average molecular weight is 700 g/mol. The molecule has 44 heavy (non-hydrogen) atoms. The van der Waals surface area contributed by atoms with Crippen molar-refractivity contribution in [3.05, 3.63) is 50.7 Å². The van der Waals surface area contributed by atoms with Crippen LogP contribution in [0.15, 0.2) is 44.6 Å². The molecule has 4 amide bonds. The third-order valence-corrected chi connectivity index (χ3v) is 6.35. The number of amides is 4. The molecule has 0 saturated heterocycles. The second-order valence-corrected chi connectivity index (χ2v) is 8.69. The summed E-state index contributed by atoms with van der Waals surface area (Å²) in [4.78, 5) is 88.1. The molecule has 0 bridgehead atoms. The molecule has 247 valence electrons. The van der Waals surface area contributed by atoms with Crippen molar-refractivity contribution in [1.29, 1.82) is 0 Å². The van der Waals surface area contributed by atoms with Crippen molar-refractivity contribution in [2.75, 3.05) is 14.1 Å². The standard InChI is InChI=1S/2C7H9NO2.2C6H6O3.4CH4.H2N.Y/c2*1-4-5(2)7(10)8(3)6(4)9;2*1-3-4(2)6(8)9-5(3)7;;;;;;/h2*1-3H3;2*1-2H3;4*1H4;1H2;/q;;;;;;;;-1;. The van der Waals surface area contributed by atoms with Crippen LogP contribution in [0.1, 0.15) is 85.1 Å². The molecule has 1 radical (unpaired) electrons. The zero-order valence-corrected chi connectivity index (χ0v) is 27.0. The van der Waals surface area contributed by atoms with E-state index >= 15 is 0 Å². The molecule has 0 spiro atoms. The van der Waals surface area contributed by atoms with Crippen molar-refractivity contribution in [2.24, 2.45) is 0 Å². The van der Waals surface area contributed by atoms with Gasteiger partial charge in [-0.2, -0.15) is 0 Å². The summed E-state index contributed by atoms with van der Waals surface area (Å²) >= 11 is 0. The van der Waals surface area contributed by atoms with Crippen molar-refractivity contribution in [3.8, 4) is 0 Å². The fraction of sp³-hybridized carbons (Fsp3) is 0.467. The van der Waals surface area contributed by atoms with Crippen LogP contribution in [0, 0.1) is 0 Å². The topological polar surface area (TPSA) is 195 Å². The Morgan fingerprint density at radius 2 is 0.500 bits per heavy atom. The summed E-state index contributed by atoms with van der Waals surface area (Å²) in [6.45, 7) is 13.0. The number of nitrogens with zero attached hydrogens (tertiary/aromatic N) is 2. The van der Waals surface area contributed by atoms with Crippen molar-refractivity contribution in [1.82, 2.24) is 9.80 Å². The summed E-state index contributed by atoms with van der Waals surface area (Å²) in [5, 5.41) is 0. The fourth-order valence-electron chi connectivity index (χ4n) is 2.92. The number of rotatable bonds is 0. The quantitative estimate of drug-likeness (QED) is 0.194. The molecular weight excluding hydrogens is 651 g/mol. The molecular formula is C30H48N3O10Y-. The van der Waals surface area contributed by atoms with Crippen molar-refractivity contribution in [2.45, 2.75) is 85.1 Å². The molecule has 2 N–H and O–H groups in total. The summed E-state index contributed by atoms with van der Waals surface area (Å²) < 4.78 is 8.47. The van der Waals surface area contributed by atoms with Crippen LogP contribution in [0.3, 0.4) is 0 Å². The van der Waals surface area contributed by atoms with Gasteiger partial charge >= 0.3 is 23.9 Å². The van der Waals surface area contributed by atoms with E-state index in [1.165, 1.54) is 14.1 Å². The number of imide groups is 2. The third-order valence-electron chi connectivity index (χ3n) is 6.35. The van der Waals surface area contributed by atoms with Crippen LogP contribution in [0.2, 0.25) is 0 Å². The maximum atomic E-state index is 11.0. The molecule has 4 aliphatic heterocycles. The maximum Gasteiger partial charge on any atom is 0.342 e. The fourth-order valence-corrected chi connectivity index (χ4v) is 2.92. The van der Waals surface area contributed by atoms with E-state index in [4.69, 9.17) is 0 Å². The van der Waals surface area contributed by atoms with Gasteiger partial charge in [0.15, 0.2) is 0 Å². The number of esters is 4. The number of hydrogen-bond donors (Lipinski definition) is 0. The zero-order valence-electron chi connectivity index (χ0n) is 24.1. The van der Waals surface area contributed by atoms with E-state index < -0.39 is 23.9 Å². The second kappa shape index (κ2) is 21.3. The monoisotopic (exact) mass is 699 g/mol. The normalized spacial score (nSPS) is 16.5. The van der Waals surface area contributed by atoms with Gasteiger partial charge in [-0.3, -0.25) is 29.0 Å². The summed E-state index contributed by atoms with van der Waals surface area (Å²) in [5.41, 5.74) is 3.92. The van der Waals surface area contributed by atoms with Crippen LogP contribution >= 0.6 is 0 Å². The number of carbonyl (C=O) groups excluding carboxylic acids is 8. The molecule has 0 unspecified atom stereocenters. The van der Waals surface area contributed by atoms with Crippen LogP contribution < -0.4 is 0 Å². The van der Waals surface area contributed by atoms with Crippen molar-refractivity contribution < 1.29 is 80.5 Å². The van der Waals surface area contributed by atoms with E-state index in [0.29, 0.717) is 44.6 Å². The summed E-state index contributed by atoms with van der Waals surface area (Å²) in [7, 11) is 2.98. The Bertz CT molecular complexity index is 1130. The number of nitrogens with two attached hydrogens (primary N) is 1. The van der Waals surface area contributed by atoms with Gasteiger partial charge in [-0.1, -0.05) is 29.7 Å². The molecule has 4 heterocycles. The Balaban J connectivity index is -0.000000105. The Morgan fingerprint density at radius 1 is 0.364 bits per heavy atom. The molecule has 14 heteroatoms. The molecule has 4 rings (SSSR count). The van der Waals surface area contributed by atoms with Gasteiger partial charge in [0.05, 0.1) is 0 Å². The predicted molar refractivity (Wildman–Crippen MR) is 163 cm³/mol. The van der Waals surface area contributed by atoms with Crippen LogP contribution in [0.4, 0.5) is 0 Å². The molecule has 13 nitrogen and oxygen atoms in total. The van der Waals surface area contributed by atoms with Gasteiger partial charge in [0.2, 0.25) is 0 Å². The molecule has 0 aliphatic carbocycles. The molecule has 0 aromatic rings. The number of carbonyl (C=O) groups is 8. The largest absolute Gasteiger partial charge is 0.693 e. The van der Waals surface area contributed by atoms with E-state index in [-0.39, 0.29) is 92.2 Å². The minimum absolute atomic E-state index is 0. The zero-order chi connectivity index (χ0) is 29.8.